The Morgan fingerprint density at radius 3 is 2.63 bits per heavy atom. The molecular weight excluding hydrogens is 352 g/mol. The number of nitro benzene ring substituents is 1. The first-order valence-corrected chi connectivity index (χ1v) is 8.36. The van der Waals surface area contributed by atoms with E-state index in [0.29, 0.717) is 12.3 Å². The molecule has 0 aliphatic rings. The van der Waals surface area contributed by atoms with E-state index >= 15 is 0 Å². The van der Waals surface area contributed by atoms with Crippen molar-refractivity contribution >= 4 is 11.6 Å². The van der Waals surface area contributed by atoms with Crippen LogP contribution in [0.2, 0.25) is 0 Å². The molecule has 0 fully saturated rings. The molecule has 0 heterocycles. The molecule has 0 saturated heterocycles. The highest BCUT2D eigenvalue weighted by Crippen LogP contribution is 2.30. The SMILES string of the molecule is COc1cc(OCC(=O)NCc2cccc(OC(C)C)c2)ccc1[N+](=O)[O-]. The third-order valence-electron chi connectivity index (χ3n) is 3.48. The van der Waals surface area contributed by atoms with E-state index in [1.54, 1.807) is 0 Å². The maximum atomic E-state index is 12.0. The van der Waals surface area contributed by atoms with Crippen molar-refractivity contribution in [3.05, 3.63) is 58.1 Å². The smallest absolute Gasteiger partial charge is 0.311 e. The summed E-state index contributed by atoms with van der Waals surface area (Å²) < 4.78 is 16.0. The Morgan fingerprint density at radius 2 is 1.96 bits per heavy atom. The molecule has 2 aromatic carbocycles. The second kappa shape index (κ2) is 9.42. The number of carbonyl (C=O) groups excluding carboxylic acids is 1. The molecule has 1 N–H and O–H groups in total. The van der Waals surface area contributed by atoms with Crippen LogP contribution >= 0.6 is 0 Å². The fourth-order valence-corrected chi connectivity index (χ4v) is 2.30. The Hall–Kier alpha value is -3.29. The number of benzene rings is 2. The first-order chi connectivity index (χ1) is 12.9. The largest absolute Gasteiger partial charge is 0.491 e. The Labute approximate surface area is 157 Å². The second-order valence-corrected chi connectivity index (χ2v) is 5.97. The van der Waals surface area contributed by atoms with Crippen molar-refractivity contribution in [1.82, 2.24) is 5.32 Å². The normalized spacial score (nSPS) is 10.4. The molecule has 2 aromatic rings. The summed E-state index contributed by atoms with van der Waals surface area (Å²) >= 11 is 0. The van der Waals surface area contributed by atoms with Gasteiger partial charge in [0.25, 0.3) is 5.91 Å². The summed E-state index contributed by atoms with van der Waals surface area (Å²) in [4.78, 5) is 22.3. The van der Waals surface area contributed by atoms with E-state index in [1.165, 1.54) is 25.3 Å². The van der Waals surface area contributed by atoms with E-state index in [9.17, 15) is 14.9 Å². The lowest BCUT2D eigenvalue weighted by Crippen LogP contribution is -2.28. The van der Waals surface area contributed by atoms with E-state index in [2.05, 4.69) is 5.32 Å². The van der Waals surface area contributed by atoms with E-state index < -0.39 is 4.92 Å². The van der Waals surface area contributed by atoms with Crippen LogP contribution < -0.4 is 19.5 Å². The third-order valence-corrected chi connectivity index (χ3v) is 3.48. The molecule has 0 radical (unpaired) electrons. The monoisotopic (exact) mass is 374 g/mol. The van der Waals surface area contributed by atoms with E-state index in [4.69, 9.17) is 14.2 Å². The van der Waals surface area contributed by atoms with Crippen LogP contribution in [0.1, 0.15) is 19.4 Å². The second-order valence-electron chi connectivity index (χ2n) is 5.97. The van der Waals surface area contributed by atoms with Crippen molar-refractivity contribution in [2.45, 2.75) is 26.5 Å². The molecule has 0 spiro atoms. The van der Waals surface area contributed by atoms with Gasteiger partial charge >= 0.3 is 5.69 Å². The predicted molar refractivity (Wildman–Crippen MR) is 99.2 cm³/mol. The van der Waals surface area contributed by atoms with Crippen molar-refractivity contribution in [3.63, 3.8) is 0 Å². The number of nitrogens with one attached hydrogen (secondary N) is 1. The van der Waals surface area contributed by atoms with Crippen LogP contribution in [0.4, 0.5) is 5.69 Å². The van der Waals surface area contributed by atoms with Crippen LogP contribution in [0, 0.1) is 10.1 Å². The quantitative estimate of drug-likeness (QED) is 0.535. The Kier molecular flexibility index (Phi) is 6.99. The predicted octanol–water partition coefficient (Wildman–Crippen LogP) is 3.09. The molecule has 1 amide bonds. The van der Waals surface area contributed by atoms with Gasteiger partial charge in [-0.3, -0.25) is 14.9 Å². The highest BCUT2D eigenvalue weighted by atomic mass is 16.6. The number of nitrogens with zero attached hydrogens (tertiary/aromatic N) is 1. The van der Waals surface area contributed by atoms with Gasteiger partial charge in [-0.2, -0.15) is 0 Å². The summed E-state index contributed by atoms with van der Waals surface area (Å²) in [5.74, 6) is 0.799. The van der Waals surface area contributed by atoms with Gasteiger partial charge in [0.1, 0.15) is 11.5 Å². The zero-order chi connectivity index (χ0) is 19.8. The van der Waals surface area contributed by atoms with Crippen LogP contribution in [0.5, 0.6) is 17.2 Å². The molecule has 8 heteroatoms. The molecule has 0 aliphatic carbocycles. The fourth-order valence-electron chi connectivity index (χ4n) is 2.30. The lowest BCUT2D eigenvalue weighted by atomic mass is 10.2. The van der Waals surface area contributed by atoms with Gasteiger partial charge in [0, 0.05) is 18.7 Å². The Balaban J connectivity index is 1.87. The van der Waals surface area contributed by atoms with Crippen LogP contribution in [-0.2, 0) is 11.3 Å². The summed E-state index contributed by atoms with van der Waals surface area (Å²) in [5.41, 5.74) is 0.733. The molecule has 0 atom stereocenters. The molecular formula is C19H22N2O6. The molecule has 0 saturated carbocycles. The Bertz CT molecular complexity index is 807. The summed E-state index contributed by atoms with van der Waals surface area (Å²) in [6.45, 7) is 4.00. The van der Waals surface area contributed by atoms with Crippen molar-refractivity contribution in [2.24, 2.45) is 0 Å². The van der Waals surface area contributed by atoms with E-state index in [-0.39, 0.29) is 30.1 Å². The number of hydrogen-bond acceptors (Lipinski definition) is 6. The maximum Gasteiger partial charge on any atom is 0.311 e. The highest BCUT2D eigenvalue weighted by Gasteiger charge is 2.15. The maximum absolute atomic E-state index is 12.0. The van der Waals surface area contributed by atoms with Gasteiger partial charge in [0.2, 0.25) is 5.75 Å². The van der Waals surface area contributed by atoms with Crippen molar-refractivity contribution in [2.75, 3.05) is 13.7 Å². The number of amides is 1. The van der Waals surface area contributed by atoms with Gasteiger partial charge in [-0.15, -0.1) is 0 Å². The number of hydrogen-bond donors (Lipinski definition) is 1. The summed E-state index contributed by atoms with van der Waals surface area (Å²) in [5, 5.41) is 13.6. The molecule has 0 bridgehead atoms. The van der Waals surface area contributed by atoms with Crippen LogP contribution in [0.25, 0.3) is 0 Å². The zero-order valence-corrected chi connectivity index (χ0v) is 15.4. The van der Waals surface area contributed by atoms with Gasteiger partial charge in [0.15, 0.2) is 6.61 Å². The molecule has 2 rings (SSSR count). The average Bonchev–Trinajstić information content (AvgIpc) is 2.64. The van der Waals surface area contributed by atoms with Crippen molar-refractivity contribution < 1.29 is 23.9 Å². The summed E-state index contributed by atoms with van der Waals surface area (Å²) in [7, 11) is 1.33. The van der Waals surface area contributed by atoms with E-state index in [1.807, 2.05) is 38.1 Å². The van der Waals surface area contributed by atoms with E-state index in [0.717, 1.165) is 11.3 Å². The minimum Gasteiger partial charge on any atom is -0.491 e. The molecule has 27 heavy (non-hydrogen) atoms. The number of ether oxygens (including phenoxy) is 3. The van der Waals surface area contributed by atoms with Crippen LogP contribution in [-0.4, -0.2) is 30.7 Å². The van der Waals surface area contributed by atoms with Gasteiger partial charge in [-0.05, 0) is 37.6 Å². The third kappa shape index (κ3) is 6.18. The first-order valence-electron chi connectivity index (χ1n) is 8.36. The average molecular weight is 374 g/mol. The number of methoxy groups -OCH3 is 1. The lowest BCUT2D eigenvalue weighted by molar-refractivity contribution is -0.385. The molecule has 0 aromatic heterocycles. The fraction of sp³-hybridized carbons (Fsp3) is 0.316. The highest BCUT2D eigenvalue weighted by molar-refractivity contribution is 5.77. The topological polar surface area (TPSA) is 99.9 Å². The molecule has 0 aliphatic heterocycles. The summed E-state index contributed by atoms with van der Waals surface area (Å²) in [6.07, 6.45) is 0.0712. The van der Waals surface area contributed by atoms with Gasteiger partial charge in [-0.25, -0.2) is 0 Å². The zero-order valence-electron chi connectivity index (χ0n) is 15.4. The minimum absolute atomic E-state index is 0.0693. The standard InChI is InChI=1S/C19H22N2O6/c1-13(2)27-16-6-4-5-14(9-16)11-20-19(22)12-26-15-7-8-17(21(23)24)18(10-15)25-3/h4-10,13H,11-12H2,1-3H3,(H,20,22). The van der Waals surface area contributed by atoms with Gasteiger partial charge in [0.05, 0.1) is 18.1 Å². The number of rotatable bonds is 9. The molecule has 144 valence electrons. The van der Waals surface area contributed by atoms with Gasteiger partial charge in [-0.1, -0.05) is 12.1 Å². The minimum atomic E-state index is -0.549. The van der Waals surface area contributed by atoms with Crippen molar-refractivity contribution in [3.8, 4) is 17.2 Å². The lowest BCUT2D eigenvalue weighted by Gasteiger charge is -2.12. The first kappa shape index (κ1) is 20.0. The van der Waals surface area contributed by atoms with Gasteiger partial charge < -0.3 is 19.5 Å². The number of carbonyl (C=O) groups is 1. The summed E-state index contributed by atoms with van der Waals surface area (Å²) in [6, 6.07) is 11.5. The van der Waals surface area contributed by atoms with Crippen LogP contribution in [0.3, 0.4) is 0 Å². The molecule has 0 unspecified atom stereocenters. The van der Waals surface area contributed by atoms with Crippen molar-refractivity contribution in [1.29, 1.82) is 0 Å². The number of nitro groups is 1. The molecule has 8 nitrogen and oxygen atoms in total. The Morgan fingerprint density at radius 1 is 1.19 bits per heavy atom. The van der Waals surface area contributed by atoms with Crippen LogP contribution in [0.15, 0.2) is 42.5 Å².